The van der Waals surface area contributed by atoms with Crippen LogP contribution in [0.5, 0.6) is 0 Å². The Labute approximate surface area is 127 Å². The van der Waals surface area contributed by atoms with Gasteiger partial charge in [-0.15, -0.1) is 11.3 Å². The number of fused-ring (bicyclic) bond motifs is 1. The summed E-state index contributed by atoms with van der Waals surface area (Å²) < 4.78 is 0. The summed E-state index contributed by atoms with van der Waals surface area (Å²) in [5.74, 6) is 0.752. The lowest BCUT2D eigenvalue weighted by atomic mass is 9.97. The lowest BCUT2D eigenvalue weighted by molar-refractivity contribution is 0.0246. The molecule has 2 nitrogen and oxygen atoms in total. The van der Waals surface area contributed by atoms with Crippen LogP contribution in [0.25, 0.3) is 0 Å². The fraction of sp³-hybridized carbons (Fsp3) is 0.765. The normalized spacial score (nSPS) is 28.2. The molecule has 0 spiro atoms. The van der Waals surface area contributed by atoms with Gasteiger partial charge in [0.1, 0.15) is 0 Å². The van der Waals surface area contributed by atoms with E-state index in [1.54, 1.807) is 4.88 Å². The Morgan fingerprint density at radius 2 is 2.05 bits per heavy atom. The third kappa shape index (κ3) is 2.95. The van der Waals surface area contributed by atoms with E-state index in [1.165, 1.54) is 43.8 Å². The molecule has 2 fully saturated rings. The maximum Gasteiger partial charge on any atom is 0.0332 e. The van der Waals surface area contributed by atoms with Crippen LogP contribution < -0.4 is 0 Å². The number of thiophene rings is 1. The van der Waals surface area contributed by atoms with Crippen molar-refractivity contribution in [1.82, 2.24) is 9.80 Å². The van der Waals surface area contributed by atoms with Crippen molar-refractivity contribution in [2.24, 2.45) is 5.92 Å². The summed E-state index contributed by atoms with van der Waals surface area (Å²) in [7, 11) is 0. The van der Waals surface area contributed by atoms with E-state index in [0.717, 1.165) is 24.5 Å². The van der Waals surface area contributed by atoms with Gasteiger partial charge in [-0.05, 0) is 43.9 Å². The summed E-state index contributed by atoms with van der Waals surface area (Å²) in [5.41, 5.74) is 0. The van der Waals surface area contributed by atoms with Crippen LogP contribution in [0.3, 0.4) is 0 Å². The molecule has 0 N–H and O–H groups in total. The smallest absolute Gasteiger partial charge is 0.0332 e. The molecule has 2 aliphatic heterocycles. The molecule has 3 rings (SSSR count). The van der Waals surface area contributed by atoms with Crippen LogP contribution in [0.1, 0.15) is 43.4 Å². The van der Waals surface area contributed by atoms with E-state index in [1.807, 2.05) is 11.3 Å². The second-order valence-electron chi connectivity index (χ2n) is 6.75. The Balaban J connectivity index is 1.71. The minimum Gasteiger partial charge on any atom is -0.298 e. The van der Waals surface area contributed by atoms with Crippen molar-refractivity contribution in [2.45, 2.75) is 58.7 Å². The van der Waals surface area contributed by atoms with Gasteiger partial charge < -0.3 is 0 Å². The SMILES string of the molecule is CCc1ccc(CN2CC3CCCN3CC2C(C)C)s1. The first-order valence-corrected chi connectivity index (χ1v) is 9.04. The number of piperazine rings is 1. The van der Waals surface area contributed by atoms with Crippen molar-refractivity contribution < 1.29 is 0 Å². The fourth-order valence-corrected chi connectivity index (χ4v) is 4.80. The van der Waals surface area contributed by atoms with Crippen molar-refractivity contribution in [1.29, 1.82) is 0 Å². The molecule has 3 heteroatoms. The van der Waals surface area contributed by atoms with Crippen molar-refractivity contribution in [3.63, 3.8) is 0 Å². The molecule has 3 heterocycles. The Kier molecular flexibility index (Phi) is 4.49. The van der Waals surface area contributed by atoms with E-state index in [2.05, 4.69) is 42.7 Å². The quantitative estimate of drug-likeness (QED) is 0.836. The predicted molar refractivity (Wildman–Crippen MR) is 87.3 cm³/mol. The maximum atomic E-state index is 2.77. The number of rotatable bonds is 4. The Hall–Kier alpha value is -0.380. The minimum absolute atomic E-state index is 0.733. The number of aryl methyl sites for hydroxylation is 1. The summed E-state index contributed by atoms with van der Waals surface area (Å²) >= 11 is 2.01. The van der Waals surface area contributed by atoms with Crippen molar-refractivity contribution >= 4 is 11.3 Å². The molecule has 112 valence electrons. The van der Waals surface area contributed by atoms with Gasteiger partial charge in [-0.2, -0.15) is 0 Å². The van der Waals surface area contributed by atoms with Crippen LogP contribution in [-0.2, 0) is 13.0 Å². The largest absolute Gasteiger partial charge is 0.298 e. The summed E-state index contributed by atoms with van der Waals surface area (Å²) in [6, 6.07) is 6.23. The summed E-state index contributed by atoms with van der Waals surface area (Å²) in [4.78, 5) is 8.59. The van der Waals surface area contributed by atoms with Gasteiger partial charge in [0.25, 0.3) is 0 Å². The molecular formula is C17H28N2S. The van der Waals surface area contributed by atoms with Crippen LogP contribution >= 0.6 is 11.3 Å². The van der Waals surface area contributed by atoms with Crippen molar-refractivity contribution in [3.05, 3.63) is 21.9 Å². The van der Waals surface area contributed by atoms with Crippen LogP contribution in [0, 0.1) is 5.92 Å². The molecule has 0 saturated carbocycles. The molecule has 2 atom stereocenters. The minimum atomic E-state index is 0.733. The molecule has 0 aliphatic carbocycles. The van der Waals surface area contributed by atoms with Crippen LogP contribution in [0.2, 0.25) is 0 Å². The molecular weight excluding hydrogens is 264 g/mol. The van der Waals surface area contributed by atoms with E-state index in [4.69, 9.17) is 0 Å². The number of hydrogen-bond donors (Lipinski definition) is 0. The van der Waals surface area contributed by atoms with E-state index >= 15 is 0 Å². The molecule has 2 unspecified atom stereocenters. The molecule has 0 amide bonds. The first-order chi connectivity index (χ1) is 9.67. The van der Waals surface area contributed by atoms with Crippen LogP contribution in [0.4, 0.5) is 0 Å². The highest BCUT2D eigenvalue weighted by molar-refractivity contribution is 7.11. The van der Waals surface area contributed by atoms with E-state index in [9.17, 15) is 0 Å². The second kappa shape index (κ2) is 6.17. The summed E-state index contributed by atoms with van der Waals surface area (Å²) in [6.45, 7) is 12.1. The van der Waals surface area contributed by atoms with E-state index in [-0.39, 0.29) is 0 Å². The number of nitrogens with zero attached hydrogens (tertiary/aromatic N) is 2. The second-order valence-corrected chi connectivity index (χ2v) is 8.01. The lowest BCUT2D eigenvalue weighted by Crippen LogP contribution is -2.57. The highest BCUT2D eigenvalue weighted by Crippen LogP contribution is 2.30. The number of hydrogen-bond acceptors (Lipinski definition) is 3. The average Bonchev–Trinajstić information content (AvgIpc) is 3.05. The zero-order valence-electron chi connectivity index (χ0n) is 13.1. The van der Waals surface area contributed by atoms with Gasteiger partial charge in [0.05, 0.1) is 0 Å². The third-order valence-electron chi connectivity index (χ3n) is 5.03. The summed E-state index contributed by atoms with van der Waals surface area (Å²) in [5, 5.41) is 0. The molecule has 0 bridgehead atoms. The Morgan fingerprint density at radius 3 is 2.75 bits per heavy atom. The average molecular weight is 292 g/mol. The monoisotopic (exact) mass is 292 g/mol. The van der Waals surface area contributed by atoms with Crippen molar-refractivity contribution in [3.8, 4) is 0 Å². The van der Waals surface area contributed by atoms with Gasteiger partial charge in [0.2, 0.25) is 0 Å². The van der Waals surface area contributed by atoms with Gasteiger partial charge in [-0.25, -0.2) is 0 Å². The van der Waals surface area contributed by atoms with Crippen LogP contribution in [0.15, 0.2) is 12.1 Å². The van der Waals surface area contributed by atoms with Crippen LogP contribution in [-0.4, -0.2) is 41.5 Å². The molecule has 20 heavy (non-hydrogen) atoms. The molecule has 2 aliphatic rings. The first-order valence-electron chi connectivity index (χ1n) is 8.23. The maximum absolute atomic E-state index is 2.77. The van der Waals surface area contributed by atoms with Gasteiger partial charge >= 0.3 is 0 Å². The predicted octanol–water partition coefficient (Wildman–Crippen LogP) is 3.62. The van der Waals surface area contributed by atoms with E-state index in [0.29, 0.717) is 0 Å². The summed E-state index contributed by atoms with van der Waals surface area (Å²) in [6.07, 6.45) is 3.99. The lowest BCUT2D eigenvalue weighted by Gasteiger charge is -2.45. The Bertz CT molecular complexity index is 440. The van der Waals surface area contributed by atoms with Gasteiger partial charge in [-0.1, -0.05) is 20.8 Å². The molecule has 1 aromatic rings. The highest BCUT2D eigenvalue weighted by Gasteiger charge is 2.37. The molecule has 0 aromatic carbocycles. The zero-order chi connectivity index (χ0) is 14.1. The highest BCUT2D eigenvalue weighted by atomic mass is 32.1. The molecule has 0 radical (unpaired) electrons. The van der Waals surface area contributed by atoms with Gasteiger partial charge in [-0.3, -0.25) is 9.80 Å². The van der Waals surface area contributed by atoms with Gasteiger partial charge in [0.15, 0.2) is 0 Å². The van der Waals surface area contributed by atoms with Crippen molar-refractivity contribution in [2.75, 3.05) is 19.6 Å². The molecule has 1 aromatic heterocycles. The standard InChI is InChI=1S/C17H28N2S/c1-4-15-7-8-16(20-15)11-19-10-14-6-5-9-18(14)12-17(19)13(2)3/h7-8,13-14,17H,4-6,9-12H2,1-3H3. The molecule has 2 saturated heterocycles. The zero-order valence-corrected chi connectivity index (χ0v) is 14.0. The first kappa shape index (κ1) is 14.6. The fourth-order valence-electron chi connectivity index (χ4n) is 3.82. The Morgan fingerprint density at radius 1 is 1.25 bits per heavy atom. The van der Waals surface area contributed by atoms with Gasteiger partial charge in [0, 0.05) is 41.5 Å². The van der Waals surface area contributed by atoms with E-state index < -0.39 is 0 Å². The topological polar surface area (TPSA) is 6.48 Å². The third-order valence-corrected chi connectivity index (χ3v) is 6.24.